The smallest absolute Gasteiger partial charge is 0.270 e. The van der Waals surface area contributed by atoms with Crippen LogP contribution in [0.15, 0.2) is 12.3 Å². The topological polar surface area (TPSA) is 66.9 Å². The van der Waals surface area contributed by atoms with Crippen LogP contribution in [-0.4, -0.2) is 28.5 Å². The SMILES string of the molecule is CCCCNc1nccc(C(=O)NC2CCCC2)n1. The fraction of sp³-hybridized carbons (Fsp3) is 0.643. The van der Waals surface area contributed by atoms with Gasteiger partial charge in [-0.05, 0) is 25.3 Å². The number of nitrogens with zero attached hydrogens (tertiary/aromatic N) is 2. The van der Waals surface area contributed by atoms with Crippen LogP contribution in [-0.2, 0) is 0 Å². The van der Waals surface area contributed by atoms with E-state index >= 15 is 0 Å². The number of aromatic nitrogens is 2. The van der Waals surface area contributed by atoms with E-state index in [0.29, 0.717) is 17.7 Å². The summed E-state index contributed by atoms with van der Waals surface area (Å²) in [5.74, 6) is 0.445. The quantitative estimate of drug-likeness (QED) is 0.772. The van der Waals surface area contributed by atoms with Gasteiger partial charge in [-0.15, -0.1) is 0 Å². The fourth-order valence-electron chi connectivity index (χ4n) is 2.28. The molecular formula is C14H22N4O. The largest absolute Gasteiger partial charge is 0.354 e. The molecule has 1 aromatic rings. The Morgan fingerprint density at radius 3 is 2.95 bits per heavy atom. The molecule has 1 aliphatic carbocycles. The van der Waals surface area contributed by atoms with E-state index in [1.54, 1.807) is 12.3 Å². The highest BCUT2D eigenvalue weighted by atomic mass is 16.1. The van der Waals surface area contributed by atoms with E-state index in [2.05, 4.69) is 27.5 Å². The van der Waals surface area contributed by atoms with Crippen molar-refractivity contribution in [2.45, 2.75) is 51.5 Å². The van der Waals surface area contributed by atoms with Crippen LogP contribution in [0.3, 0.4) is 0 Å². The maximum Gasteiger partial charge on any atom is 0.270 e. The lowest BCUT2D eigenvalue weighted by Crippen LogP contribution is -2.33. The molecule has 1 aliphatic rings. The molecule has 1 amide bonds. The third kappa shape index (κ3) is 4.19. The molecule has 1 fully saturated rings. The number of hydrogen-bond acceptors (Lipinski definition) is 4. The number of hydrogen-bond donors (Lipinski definition) is 2. The normalized spacial score (nSPS) is 15.4. The zero-order valence-corrected chi connectivity index (χ0v) is 11.5. The molecule has 5 heteroatoms. The van der Waals surface area contributed by atoms with Gasteiger partial charge in [-0.2, -0.15) is 0 Å². The van der Waals surface area contributed by atoms with E-state index in [9.17, 15) is 4.79 Å². The van der Waals surface area contributed by atoms with Crippen molar-refractivity contribution in [2.75, 3.05) is 11.9 Å². The van der Waals surface area contributed by atoms with Gasteiger partial charge in [-0.25, -0.2) is 9.97 Å². The first-order valence-corrected chi connectivity index (χ1v) is 7.17. The van der Waals surface area contributed by atoms with Crippen molar-refractivity contribution in [2.24, 2.45) is 0 Å². The number of amides is 1. The molecule has 19 heavy (non-hydrogen) atoms. The standard InChI is InChI=1S/C14H22N4O/c1-2-3-9-15-14-16-10-8-12(18-14)13(19)17-11-6-4-5-7-11/h8,10-11H,2-7,9H2,1H3,(H,17,19)(H,15,16,18). The lowest BCUT2D eigenvalue weighted by atomic mass is 10.2. The molecule has 1 saturated carbocycles. The summed E-state index contributed by atoms with van der Waals surface area (Å²) < 4.78 is 0. The van der Waals surface area contributed by atoms with Gasteiger partial charge in [0, 0.05) is 18.8 Å². The van der Waals surface area contributed by atoms with Crippen molar-refractivity contribution in [3.05, 3.63) is 18.0 Å². The van der Waals surface area contributed by atoms with Crippen LogP contribution >= 0.6 is 0 Å². The predicted octanol–water partition coefficient (Wildman–Crippen LogP) is 2.36. The van der Waals surface area contributed by atoms with E-state index in [-0.39, 0.29) is 5.91 Å². The van der Waals surface area contributed by atoms with Crippen LogP contribution in [0.2, 0.25) is 0 Å². The van der Waals surface area contributed by atoms with Gasteiger partial charge in [-0.1, -0.05) is 26.2 Å². The second kappa shape index (κ2) is 7.07. The third-order valence-corrected chi connectivity index (χ3v) is 3.39. The van der Waals surface area contributed by atoms with Crippen LogP contribution in [0.4, 0.5) is 5.95 Å². The minimum absolute atomic E-state index is 0.0900. The summed E-state index contributed by atoms with van der Waals surface area (Å²) in [5.41, 5.74) is 0.445. The molecule has 0 aliphatic heterocycles. The zero-order chi connectivity index (χ0) is 13.5. The summed E-state index contributed by atoms with van der Waals surface area (Å²) in [5, 5.41) is 6.16. The molecule has 2 rings (SSSR count). The number of rotatable bonds is 6. The van der Waals surface area contributed by atoms with Crippen molar-refractivity contribution in [3.63, 3.8) is 0 Å². The Balaban J connectivity index is 1.91. The number of nitrogens with one attached hydrogen (secondary N) is 2. The molecule has 5 nitrogen and oxygen atoms in total. The Kier molecular flexibility index (Phi) is 5.12. The second-order valence-electron chi connectivity index (χ2n) is 5.00. The minimum atomic E-state index is -0.0900. The lowest BCUT2D eigenvalue weighted by molar-refractivity contribution is 0.0933. The molecule has 1 aromatic heterocycles. The van der Waals surface area contributed by atoms with Gasteiger partial charge in [0.05, 0.1) is 0 Å². The van der Waals surface area contributed by atoms with Gasteiger partial charge >= 0.3 is 0 Å². The Hall–Kier alpha value is -1.65. The number of carbonyl (C=O) groups excluding carboxylic acids is 1. The van der Waals surface area contributed by atoms with Crippen molar-refractivity contribution in [1.29, 1.82) is 0 Å². The molecule has 0 radical (unpaired) electrons. The monoisotopic (exact) mass is 262 g/mol. The average Bonchev–Trinajstić information content (AvgIpc) is 2.92. The second-order valence-corrected chi connectivity index (χ2v) is 5.00. The summed E-state index contributed by atoms with van der Waals surface area (Å²) in [6.07, 6.45) is 8.40. The number of anilines is 1. The first-order chi connectivity index (χ1) is 9.29. The van der Waals surface area contributed by atoms with Crippen LogP contribution in [0.1, 0.15) is 55.9 Å². The summed E-state index contributed by atoms with van der Waals surface area (Å²) >= 11 is 0. The summed E-state index contributed by atoms with van der Waals surface area (Å²) in [6.45, 7) is 2.97. The Morgan fingerprint density at radius 1 is 1.42 bits per heavy atom. The molecule has 0 atom stereocenters. The maximum absolute atomic E-state index is 12.1. The van der Waals surface area contributed by atoms with Gasteiger partial charge in [0.25, 0.3) is 5.91 Å². The number of unbranched alkanes of at least 4 members (excludes halogenated alkanes) is 1. The summed E-state index contributed by atoms with van der Waals surface area (Å²) in [6, 6.07) is 1.98. The maximum atomic E-state index is 12.1. The summed E-state index contributed by atoms with van der Waals surface area (Å²) in [7, 11) is 0. The lowest BCUT2D eigenvalue weighted by Gasteiger charge is -2.11. The minimum Gasteiger partial charge on any atom is -0.354 e. The van der Waals surface area contributed by atoms with E-state index in [4.69, 9.17) is 0 Å². The first kappa shape index (κ1) is 13.8. The molecular weight excluding hydrogens is 240 g/mol. The zero-order valence-electron chi connectivity index (χ0n) is 11.5. The van der Waals surface area contributed by atoms with Crippen molar-refractivity contribution in [3.8, 4) is 0 Å². The van der Waals surface area contributed by atoms with Gasteiger partial charge in [0.1, 0.15) is 5.69 Å². The molecule has 0 bridgehead atoms. The van der Waals surface area contributed by atoms with Crippen molar-refractivity contribution in [1.82, 2.24) is 15.3 Å². The van der Waals surface area contributed by atoms with Gasteiger partial charge < -0.3 is 10.6 Å². The molecule has 2 N–H and O–H groups in total. The van der Waals surface area contributed by atoms with Crippen LogP contribution < -0.4 is 10.6 Å². The highest BCUT2D eigenvalue weighted by Gasteiger charge is 2.18. The predicted molar refractivity (Wildman–Crippen MR) is 75.2 cm³/mol. The van der Waals surface area contributed by atoms with Gasteiger partial charge in [-0.3, -0.25) is 4.79 Å². The van der Waals surface area contributed by atoms with Crippen LogP contribution in [0.5, 0.6) is 0 Å². The fourth-order valence-corrected chi connectivity index (χ4v) is 2.28. The number of carbonyl (C=O) groups is 1. The molecule has 0 aromatic carbocycles. The highest BCUT2D eigenvalue weighted by molar-refractivity contribution is 5.92. The molecule has 0 spiro atoms. The Labute approximate surface area is 114 Å². The van der Waals surface area contributed by atoms with E-state index in [1.165, 1.54) is 12.8 Å². The Morgan fingerprint density at radius 2 is 2.21 bits per heavy atom. The average molecular weight is 262 g/mol. The van der Waals surface area contributed by atoms with Gasteiger partial charge in [0.15, 0.2) is 0 Å². The van der Waals surface area contributed by atoms with Crippen LogP contribution in [0, 0.1) is 0 Å². The van der Waals surface area contributed by atoms with Crippen molar-refractivity contribution < 1.29 is 4.79 Å². The molecule has 104 valence electrons. The first-order valence-electron chi connectivity index (χ1n) is 7.17. The highest BCUT2D eigenvalue weighted by Crippen LogP contribution is 2.18. The molecule has 0 unspecified atom stereocenters. The summed E-state index contributed by atoms with van der Waals surface area (Å²) in [4.78, 5) is 20.4. The van der Waals surface area contributed by atoms with E-state index in [1.807, 2.05) is 0 Å². The van der Waals surface area contributed by atoms with Crippen LogP contribution in [0.25, 0.3) is 0 Å². The van der Waals surface area contributed by atoms with Crippen molar-refractivity contribution >= 4 is 11.9 Å². The molecule has 1 heterocycles. The van der Waals surface area contributed by atoms with E-state index in [0.717, 1.165) is 32.2 Å². The van der Waals surface area contributed by atoms with Gasteiger partial charge in [0.2, 0.25) is 5.95 Å². The van der Waals surface area contributed by atoms with E-state index < -0.39 is 0 Å². The third-order valence-electron chi connectivity index (χ3n) is 3.39. The Bertz CT molecular complexity index is 416. The molecule has 0 saturated heterocycles.